The molecule has 0 fully saturated rings. The van der Waals surface area contributed by atoms with Gasteiger partial charge in [0, 0.05) is 38.9 Å². The van der Waals surface area contributed by atoms with Gasteiger partial charge < -0.3 is 9.47 Å². The molecule has 10 aromatic rings. The van der Waals surface area contributed by atoms with Gasteiger partial charge in [-0.05, 0) is 139 Å². The zero-order valence-corrected chi connectivity index (χ0v) is 34.3. The van der Waals surface area contributed by atoms with E-state index in [4.69, 9.17) is 0 Å². The Hall–Kier alpha value is -6.90. The fraction of sp³-hybridized carbons (Fsp3) is 0.123. The zero-order chi connectivity index (χ0) is 40.0. The Morgan fingerprint density at radius 1 is 0.424 bits per heavy atom. The molecule has 0 saturated carbocycles. The molecule has 2 heteroatoms. The maximum absolute atomic E-state index is 2.42. The Balaban J connectivity index is 0.987. The Kier molecular flexibility index (Phi) is 7.81. The van der Waals surface area contributed by atoms with Crippen LogP contribution in [-0.2, 0) is 10.8 Å². The first-order valence-electron chi connectivity index (χ1n) is 20.8. The first kappa shape index (κ1) is 35.3. The summed E-state index contributed by atoms with van der Waals surface area (Å²) in [5.41, 5.74) is 16.3. The normalized spacial score (nSPS) is 13.3. The molecule has 1 aliphatic rings. The van der Waals surface area contributed by atoms with Crippen LogP contribution in [0.4, 0.5) is 17.1 Å². The van der Waals surface area contributed by atoms with Crippen LogP contribution in [0.25, 0.3) is 71.3 Å². The summed E-state index contributed by atoms with van der Waals surface area (Å²) in [5, 5.41) is 7.59. The number of benzene rings is 9. The third-order valence-electron chi connectivity index (χ3n) is 12.9. The Bertz CT molecular complexity index is 3250. The number of rotatable bonds is 5. The molecule has 59 heavy (non-hydrogen) atoms. The summed E-state index contributed by atoms with van der Waals surface area (Å²) in [6.07, 6.45) is 0. The molecule has 9 aromatic carbocycles. The lowest BCUT2D eigenvalue weighted by atomic mass is 9.82. The van der Waals surface area contributed by atoms with Gasteiger partial charge in [0.05, 0.1) is 11.0 Å². The van der Waals surface area contributed by atoms with Crippen LogP contribution in [0.15, 0.2) is 188 Å². The SMILES string of the molecule is CC(C)(C)c1ccc(N(c2ccc(-c3ccc4c(ccc5cc6c(cc54)c4ccccc4n6-c4ccccc4)c3)cc2)c2ccc3c(c2)C(C)(C)c2ccccc2-3)cc1. The highest BCUT2D eigenvalue weighted by Gasteiger charge is 2.35. The third-order valence-corrected chi connectivity index (χ3v) is 12.9. The van der Waals surface area contributed by atoms with Crippen molar-refractivity contribution in [3.63, 3.8) is 0 Å². The summed E-state index contributed by atoms with van der Waals surface area (Å²) in [6, 6.07) is 70.0. The molecule has 11 rings (SSSR count). The van der Waals surface area contributed by atoms with Crippen LogP contribution in [0, 0.1) is 0 Å². The van der Waals surface area contributed by atoms with E-state index in [9.17, 15) is 0 Å². The van der Waals surface area contributed by atoms with Gasteiger partial charge in [-0.2, -0.15) is 0 Å². The zero-order valence-electron chi connectivity index (χ0n) is 34.3. The van der Waals surface area contributed by atoms with Crippen LogP contribution in [0.3, 0.4) is 0 Å². The van der Waals surface area contributed by atoms with Crippen molar-refractivity contribution >= 4 is 60.4 Å². The molecule has 2 nitrogen and oxygen atoms in total. The van der Waals surface area contributed by atoms with Gasteiger partial charge >= 0.3 is 0 Å². The molecule has 0 unspecified atom stereocenters. The van der Waals surface area contributed by atoms with E-state index in [0.717, 1.165) is 11.4 Å². The van der Waals surface area contributed by atoms with Gasteiger partial charge in [-0.3, -0.25) is 0 Å². The van der Waals surface area contributed by atoms with Gasteiger partial charge in [-0.25, -0.2) is 0 Å². The molecular weight excluding hydrogens is 713 g/mol. The van der Waals surface area contributed by atoms with E-state index in [0.29, 0.717) is 0 Å². The van der Waals surface area contributed by atoms with Gasteiger partial charge in [0.2, 0.25) is 0 Å². The second-order valence-electron chi connectivity index (χ2n) is 17.9. The number of aromatic nitrogens is 1. The van der Waals surface area contributed by atoms with Gasteiger partial charge in [-0.15, -0.1) is 0 Å². The topological polar surface area (TPSA) is 8.17 Å². The molecule has 0 amide bonds. The molecule has 1 aromatic heterocycles. The summed E-state index contributed by atoms with van der Waals surface area (Å²) in [7, 11) is 0. The lowest BCUT2D eigenvalue weighted by Gasteiger charge is -2.29. The van der Waals surface area contributed by atoms with Crippen molar-refractivity contribution in [2.75, 3.05) is 4.90 Å². The molecule has 0 aliphatic heterocycles. The highest BCUT2D eigenvalue weighted by atomic mass is 15.1. The molecule has 0 radical (unpaired) electrons. The number of anilines is 3. The second kappa shape index (κ2) is 13.1. The Morgan fingerprint density at radius 2 is 1.05 bits per heavy atom. The van der Waals surface area contributed by atoms with E-state index in [2.05, 4.69) is 232 Å². The van der Waals surface area contributed by atoms with E-state index < -0.39 is 0 Å². The standard InChI is InChI=1S/C57H46N2/c1-56(2,3)41-24-28-44(29-25-41)58(45-30-32-48-47-15-9-11-17-52(47)57(4,5)53(48)35-45)43-26-21-37(22-27-43)38-23-31-46-39(33-38)19-20-40-34-55-51(36-50(40)46)49-16-10-12-18-54(49)59(55)42-13-7-6-8-14-42/h6-36H,1-5H3. The lowest BCUT2D eigenvalue weighted by molar-refractivity contribution is 0.590. The predicted molar refractivity (Wildman–Crippen MR) is 252 cm³/mol. The minimum Gasteiger partial charge on any atom is -0.310 e. The summed E-state index contributed by atoms with van der Waals surface area (Å²) in [6.45, 7) is 11.5. The third kappa shape index (κ3) is 5.62. The number of para-hydroxylation sites is 2. The van der Waals surface area contributed by atoms with Crippen molar-refractivity contribution in [1.29, 1.82) is 0 Å². The van der Waals surface area contributed by atoms with Gasteiger partial charge in [-0.1, -0.05) is 150 Å². The first-order valence-corrected chi connectivity index (χ1v) is 20.8. The monoisotopic (exact) mass is 758 g/mol. The van der Waals surface area contributed by atoms with Crippen molar-refractivity contribution in [3.05, 3.63) is 205 Å². The quantitative estimate of drug-likeness (QED) is 0.159. The summed E-state index contributed by atoms with van der Waals surface area (Å²) in [4.78, 5) is 2.41. The fourth-order valence-corrected chi connectivity index (χ4v) is 9.75. The van der Waals surface area contributed by atoms with Crippen LogP contribution in [-0.4, -0.2) is 4.57 Å². The highest BCUT2D eigenvalue weighted by Crippen LogP contribution is 2.51. The molecular formula is C57H46N2. The maximum Gasteiger partial charge on any atom is 0.0547 e. The van der Waals surface area contributed by atoms with E-state index in [1.54, 1.807) is 0 Å². The average molecular weight is 759 g/mol. The summed E-state index contributed by atoms with van der Waals surface area (Å²) >= 11 is 0. The van der Waals surface area contributed by atoms with Crippen LogP contribution in [0.1, 0.15) is 51.3 Å². The molecule has 0 spiro atoms. The largest absolute Gasteiger partial charge is 0.310 e. The van der Waals surface area contributed by atoms with Crippen LogP contribution >= 0.6 is 0 Å². The van der Waals surface area contributed by atoms with Crippen LogP contribution in [0.2, 0.25) is 0 Å². The van der Waals surface area contributed by atoms with Gasteiger partial charge in [0.1, 0.15) is 0 Å². The molecule has 1 heterocycles. The number of nitrogens with zero attached hydrogens (tertiary/aromatic N) is 2. The number of fused-ring (bicyclic) bond motifs is 9. The van der Waals surface area contributed by atoms with Crippen molar-refractivity contribution in [2.45, 2.75) is 45.4 Å². The number of hydrogen-bond donors (Lipinski definition) is 0. The van der Waals surface area contributed by atoms with Crippen molar-refractivity contribution < 1.29 is 0 Å². The van der Waals surface area contributed by atoms with E-state index >= 15 is 0 Å². The van der Waals surface area contributed by atoms with E-state index in [-0.39, 0.29) is 10.8 Å². The Morgan fingerprint density at radius 3 is 1.81 bits per heavy atom. The molecule has 284 valence electrons. The minimum atomic E-state index is -0.0813. The summed E-state index contributed by atoms with van der Waals surface area (Å²) < 4.78 is 2.40. The van der Waals surface area contributed by atoms with Crippen LogP contribution < -0.4 is 4.90 Å². The average Bonchev–Trinajstić information content (AvgIpc) is 3.70. The van der Waals surface area contributed by atoms with Gasteiger partial charge in [0.15, 0.2) is 0 Å². The smallest absolute Gasteiger partial charge is 0.0547 e. The van der Waals surface area contributed by atoms with Crippen molar-refractivity contribution in [1.82, 2.24) is 4.57 Å². The molecule has 0 atom stereocenters. The maximum atomic E-state index is 2.42. The van der Waals surface area contributed by atoms with E-state index in [1.807, 2.05) is 0 Å². The van der Waals surface area contributed by atoms with Crippen molar-refractivity contribution in [3.8, 4) is 27.9 Å². The predicted octanol–water partition coefficient (Wildman–Crippen LogP) is 15.8. The Labute approximate surface area is 346 Å². The minimum absolute atomic E-state index is 0.0789. The van der Waals surface area contributed by atoms with Crippen molar-refractivity contribution in [2.24, 2.45) is 0 Å². The number of hydrogen-bond acceptors (Lipinski definition) is 1. The molecule has 1 aliphatic carbocycles. The second-order valence-corrected chi connectivity index (χ2v) is 17.9. The fourth-order valence-electron chi connectivity index (χ4n) is 9.75. The lowest BCUT2D eigenvalue weighted by Crippen LogP contribution is -2.17. The van der Waals surface area contributed by atoms with Crippen LogP contribution in [0.5, 0.6) is 0 Å². The molecule has 0 N–H and O–H groups in total. The molecule has 0 bridgehead atoms. The van der Waals surface area contributed by atoms with E-state index in [1.165, 1.54) is 93.7 Å². The molecule has 0 saturated heterocycles. The van der Waals surface area contributed by atoms with Gasteiger partial charge in [0.25, 0.3) is 0 Å². The first-order chi connectivity index (χ1) is 28.6. The highest BCUT2D eigenvalue weighted by molar-refractivity contribution is 6.18. The summed E-state index contributed by atoms with van der Waals surface area (Å²) in [5.74, 6) is 0.